The van der Waals surface area contributed by atoms with Crippen LogP contribution < -0.4 is 14.2 Å². The molecule has 0 aliphatic heterocycles. The van der Waals surface area contributed by atoms with Crippen molar-refractivity contribution in [2.24, 2.45) is 0 Å². The van der Waals surface area contributed by atoms with Crippen LogP contribution in [-0.2, 0) is 0 Å². The molecule has 0 spiro atoms. The second-order valence-electron chi connectivity index (χ2n) is 4.40. The summed E-state index contributed by atoms with van der Waals surface area (Å²) in [5, 5.41) is 0. The Bertz CT molecular complexity index is 607. The Hall–Kier alpha value is -1.20. The number of halogens is 2. The molecule has 0 saturated heterocycles. The topological polar surface area (TPSA) is 27.7 Å². The van der Waals surface area contributed by atoms with Gasteiger partial charge in [-0.15, -0.1) is 0 Å². The SMILES string of the molecule is COc1cc(OC)cc(C(Br)c2ccc(OC)c(Br)c2)c1. The molecular formula is C16H16Br2O3. The van der Waals surface area contributed by atoms with Gasteiger partial charge in [0.05, 0.1) is 30.6 Å². The first-order valence-electron chi connectivity index (χ1n) is 6.29. The summed E-state index contributed by atoms with van der Waals surface area (Å²) in [6, 6.07) is 11.8. The minimum absolute atomic E-state index is 0.0312. The highest BCUT2D eigenvalue weighted by atomic mass is 79.9. The van der Waals surface area contributed by atoms with Crippen LogP contribution in [0.1, 0.15) is 16.0 Å². The van der Waals surface area contributed by atoms with E-state index >= 15 is 0 Å². The van der Waals surface area contributed by atoms with Crippen molar-refractivity contribution in [3.63, 3.8) is 0 Å². The molecule has 0 saturated carbocycles. The van der Waals surface area contributed by atoms with Crippen molar-refractivity contribution in [2.45, 2.75) is 4.83 Å². The first kappa shape index (κ1) is 16.2. The summed E-state index contributed by atoms with van der Waals surface area (Å²) < 4.78 is 16.8. The van der Waals surface area contributed by atoms with E-state index in [0.717, 1.165) is 32.8 Å². The third-order valence-corrected chi connectivity index (χ3v) is 4.81. The summed E-state index contributed by atoms with van der Waals surface area (Å²) in [6.07, 6.45) is 0. The minimum Gasteiger partial charge on any atom is -0.497 e. The number of rotatable bonds is 5. The van der Waals surface area contributed by atoms with Crippen LogP contribution in [-0.4, -0.2) is 21.3 Å². The monoisotopic (exact) mass is 414 g/mol. The highest BCUT2D eigenvalue weighted by molar-refractivity contribution is 9.10. The van der Waals surface area contributed by atoms with E-state index in [1.54, 1.807) is 21.3 Å². The molecule has 0 bridgehead atoms. The zero-order valence-electron chi connectivity index (χ0n) is 12.0. The lowest BCUT2D eigenvalue weighted by Crippen LogP contribution is -1.96. The first-order valence-corrected chi connectivity index (χ1v) is 8.00. The molecule has 2 rings (SSSR count). The second kappa shape index (κ2) is 7.18. The van der Waals surface area contributed by atoms with Crippen molar-refractivity contribution in [3.05, 3.63) is 52.0 Å². The third kappa shape index (κ3) is 3.71. The predicted molar refractivity (Wildman–Crippen MR) is 91.0 cm³/mol. The smallest absolute Gasteiger partial charge is 0.133 e. The second-order valence-corrected chi connectivity index (χ2v) is 6.17. The number of hydrogen-bond donors (Lipinski definition) is 0. The molecule has 0 heterocycles. The van der Waals surface area contributed by atoms with Gasteiger partial charge in [-0.2, -0.15) is 0 Å². The third-order valence-electron chi connectivity index (χ3n) is 3.13. The van der Waals surface area contributed by atoms with Crippen LogP contribution in [0.2, 0.25) is 0 Å². The molecule has 0 aliphatic rings. The fourth-order valence-corrected chi connectivity index (χ4v) is 3.12. The van der Waals surface area contributed by atoms with Gasteiger partial charge in [-0.1, -0.05) is 22.0 Å². The van der Waals surface area contributed by atoms with Crippen LogP contribution in [0.15, 0.2) is 40.9 Å². The fraction of sp³-hybridized carbons (Fsp3) is 0.250. The molecule has 2 aromatic carbocycles. The Kier molecular flexibility index (Phi) is 5.53. The lowest BCUT2D eigenvalue weighted by molar-refractivity contribution is 0.393. The zero-order chi connectivity index (χ0) is 15.4. The molecule has 2 aromatic rings. The van der Waals surface area contributed by atoms with Gasteiger partial charge in [0.25, 0.3) is 0 Å². The van der Waals surface area contributed by atoms with Crippen LogP contribution in [0.3, 0.4) is 0 Å². The molecule has 21 heavy (non-hydrogen) atoms. The maximum Gasteiger partial charge on any atom is 0.133 e. The largest absolute Gasteiger partial charge is 0.497 e. The maximum atomic E-state index is 5.31. The van der Waals surface area contributed by atoms with Gasteiger partial charge in [-0.3, -0.25) is 0 Å². The van der Waals surface area contributed by atoms with Gasteiger partial charge in [0.1, 0.15) is 17.2 Å². The summed E-state index contributed by atoms with van der Waals surface area (Å²) in [6.45, 7) is 0. The molecule has 1 unspecified atom stereocenters. The summed E-state index contributed by atoms with van der Waals surface area (Å²) >= 11 is 7.24. The van der Waals surface area contributed by atoms with Gasteiger partial charge >= 0.3 is 0 Å². The normalized spacial score (nSPS) is 11.9. The van der Waals surface area contributed by atoms with E-state index in [4.69, 9.17) is 14.2 Å². The highest BCUT2D eigenvalue weighted by Gasteiger charge is 2.14. The van der Waals surface area contributed by atoms with Gasteiger partial charge in [0.15, 0.2) is 0 Å². The van der Waals surface area contributed by atoms with Gasteiger partial charge in [0, 0.05) is 6.07 Å². The number of methoxy groups -OCH3 is 3. The number of hydrogen-bond acceptors (Lipinski definition) is 3. The first-order chi connectivity index (χ1) is 10.1. The average Bonchev–Trinajstić information content (AvgIpc) is 2.53. The van der Waals surface area contributed by atoms with Gasteiger partial charge in [0.2, 0.25) is 0 Å². The van der Waals surface area contributed by atoms with Crippen molar-refractivity contribution >= 4 is 31.9 Å². The summed E-state index contributed by atoms with van der Waals surface area (Å²) in [7, 11) is 4.94. The molecule has 0 radical (unpaired) electrons. The summed E-state index contributed by atoms with van der Waals surface area (Å²) in [5.41, 5.74) is 2.17. The maximum absolute atomic E-state index is 5.31. The lowest BCUT2D eigenvalue weighted by Gasteiger charge is -2.15. The molecule has 0 aliphatic carbocycles. The quantitative estimate of drug-likeness (QED) is 0.646. The van der Waals surface area contributed by atoms with Crippen molar-refractivity contribution in [2.75, 3.05) is 21.3 Å². The number of alkyl halides is 1. The zero-order valence-corrected chi connectivity index (χ0v) is 15.2. The standard InChI is InChI=1S/C16H16Br2O3/c1-19-12-6-11(7-13(9-12)20-2)16(18)10-4-5-15(21-3)14(17)8-10/h4-9,16H,1-3H3. The molecule has 112 valence electrons. The van der Waals surface area contributed by atoms with Crippen LogP contribution >= 0.6 is 31.9 Å². The van der Waals surface area contributed by atoms with Crippen LogP contribution in [0.4, 0.5) is 0 Å². The van der Waals surface area contributed by atoms with Crippen molar-refractivity contribution < 1.29 is 14.2 Å². The average molecular weight is 416 g/mol. The van der Waals surface area contributed by atoms with E-state index in [9.17, 15) is 0 Å². The minimum atomic E-state index is 0.0312. The fourth-order valence-electron chi connectivity index (χ4n) is 2.01. The Balaban J connectivity index is 2.39. The molecule has 0 amide bonds. The van der Waals surface area contributed by atoms with Gasteiger partial charge in [-0.05, 0) is 51.3 Å². The molecule has 1 atom stereocenters. The highest BCUT2D eigenvalue weighted by Crippen LogP contribution is 2.38. The summed E-state index contributed by atoms with van der Waals surface area (Å²) in [5.74, 6) is 2.34. The lowest BCUT2D eigenvalue weighted by atomic mass is 10.0. The Morgan fingerprint density at radius 2 is 1.43 bits per heavy atom. The number of ether oxygens (including phenoxy) is 3. The Labute approximate surface area is 141 Å². The van der Waals surface area contributed by atoms with Crippen molar-refractivity contribution in [1.82, 2.24) is 0 Å². The molecule has 3 nitrogen and oxygen atoms in total. The van der Waals surface area contributed by atoms with E-state index < -0.39 is 0 Å². The van der Waals surface area contributed by atoms with Crippen molar-refractivity contribution in [1.29, 1.82) is 0 Å². The Morgan fingerprint density at radius 1 is 0.810 bits per heavy atom. The van der Waals surface area contributed by atoms with Gasteiger partial charge in [-0.25, -0.2) is 0 Å². The van der Waals surface area contributed by atoms with E-state index in [-0.39, 0.29) is 4.83 Å². The Morgan fingerprint density at radius 3 is 1.90 bits per heavy atom. The molecule has 0 N–H and O–H groups in total. The molecule has 5 heteroatoms. The molecule has 0 aromatic heterocycles. The van der Waals surface area contributed by atoms with Crippen LogP contribution in [0.5, 0.6) is 17.2 Å². The molecule has 0 fully saturated rings. The van der Waals surface area contributed by atoms with Gasteiger partial charge < -0.3 is 14.2 Å². The van der Waals surface area contributed by atoms with E-state index in [2.05, 4.69) is 31.9 Å². The van der Waals surface area contributed by atoms with Crippen LogP contribution in [0, 0.1) is 0 Å². The molecular weight excluding hydrogens is 400 g/mol. The predicted octanol–water partition coefficient (Wildman–Crippen LogP) is 4.96. The van der Waals surface area contributed by atoms with Crippen molar-refractivity contribution in [3.8, 4) is 17.2 Å². The van der Waals surface area contributed by atoms with E-state index in [1.165, 1.54) is 0 Å². The summed E-state index contributed by atoms with van der Waals surface area (Å²) in [4.78, 5) is 0.0312. The number of benzene rings is 2. The van der Waals surface area contributed by atoms with E-state index in [0.29, 0.717) is 0 Å². The van der Waals surface area contributed by atoms with Crippen LogP contribution in [0.25, 0.3) is 0 Å². The van der Waals surface area contributed by atoms with E-state index in [1.807, 2.05) is 36.4 Å².